The second kappa shape index (κ2) is 3.09. The van der Waals surface area contributed by atoms with E-state index in [-0.39, 0.29) is 0 Å². The van der Waals surface area contributed by atoms with Crippen molar-refractivity contribution in [3.8, 4) is 0 Å². The minimum absolute atomic E-state index is 0.418. The minimum Gasteiger partial charge on any atom is -0.355 e. The number of rotatable bonds is 0. The first-order chi connectivity index (χ1) is 7.69. The molecule has 1 aliphatic heterocycles. The highest BCUT2D eigenvalue weighted by molar-refractivity contribution is 5.75. The molecule has 3 rings (SSSR count). The first-order valence-electron chi connectivity index (χ1n) is 5.44. The lowest BCUT2D eigenvalue weighted by Gasteiger charge is -2.35. The van der Waals surface area contributed by atoms with Crippen molar-refractivity contribution in [2.75, 3.05) is 5.32 Å². The van der Waals surface area contributed by atoms with E-state index in [1.807, 2.05) is 24.3 Å². The van der Waals surface area contributed by atoms with E-state index in [0.717, 1.165) is 22.5 Å². The summed E-state index contributed by atoms with van der Waals surface area (Å²) in [6.07, 6.45) is 0. The zero-order chi connectivity index (χ0) is 11.2. The zero-order valence-electron chi connectivity index (χ0n) is 9.20. The van der Waals surface area contributed by atoms with Crippen molar-refractivity contribution in [3.63, 3.8) is 0 Å². The van der Waals surface area contributed by atoms with Gasteiger partial charge < -0.3 is 11.1 Å². The number of para-hydroxylation sites is 2. The van der Waals surface area contributed by atoms with Crippen LogP contribution in [-0.2, 0) is 5.54 Å². The standard InChI is InChI=1S/C14H14N2/c1-14(15)10-6-2-4-8-12(10)16-13-9-5-3-7-11(13)14/h2-9,16H,15H2,1H3. The normalized spacial score (nSPS) is 15.9. The predicted molar refractivity (Wildman–Crippen MR) is 66.8 cm³/mol. The van der Waals surface area contributed by atoms with Gasteiger partial charge in [0.1, 0.15) is 0 Å². The number of fused-ring (bicyclic) bond motifs is 2. The third-order valence-corrected chi connectivity index (χ3v) is 3.24. The van der Waals surface area contributed by atoms with Gasteiger partial charge in [0, 0.05) is 11.4 Å². The van der Waals surface area contributed by atoms with Gasteiger partial charge in [-0.05, 0) is 30.2 Å². The fourth-order valence-corrected chi connectivity index (χ4v) is 2.38. The highest BCUT2D eigenvalue weighted by atomic mass is 14.9. The SMILES string of the molecule is CC1(N)c2ccccc2Nc2ccccc21. The number of hydrogen-bond donors (Lipinski definition) is 2. The Bertz CT molecular complexity index is 496. The second-order valence-corrected chi connectivity index (χ2v) is 4.42. The van der Waals surface area contributed by atoms with E-state index in [4.69, 9.17) is 5.73 Å². The molecule has 2 aromatic carbocycles. The number of nitrogens with two attached hydrogens (primary N) is 1. The largest absolute Gasteiger partial charge is 0.355 e. The van der Waals surface area contributed by atoms with Gasteiger partial charge in [0.15, 0.2) is 0 Å². The molecule has 0 radical (unpaired) electrons. The van der Waals surface area contributed by atoms with Gasteiger partial charge in [0.05, 0.1) is 5.54 Å². The maximum Gasteiger partial charge on any atom is 0.0677 e. The molecule has 0 amide bonds. The summed E-state index contributed by atoms with van der Waals surface area (Å²) >= 11 is 0. The van der Waals surface area contributed by atoms with Crippen LogP contribution in [0.25, 0.3) is 0 Å². The molecule has 80 valence electrons. The Kier molecular flexibility index (Phi) is 1.82. The third kappa shape index (κ3) is 1.17. The van der Waals surface area contributed by atoms with Crippen LogP contribution in [0.5, 0.6) is 0 Å². The van der Waals surface area contributed by atoms with Crippen molar-refractivity contribution in [1.82, 2.24) is 0 Å². The molecule has 2 aromatic rings. The van der Waals surface area contributed by atoms with Crippen molar-refractivity contribution in [1.29, 1.82) is 0 Å². The summed E-state index contributed by atoms with van der Waals surface area (Å²) in [7, 11) is 0. The maximum absolute atomic E-state index is 6.46. The van der Waals surface area contributed by atoms with E-state index in [1.165, 1.54) is 0 Å². The molecule has 0 aromatic heterocycles. The summed E-state index contributed by atoms with van der Waals surface area (Å²) in [5.74, 6) is 0. The molecule has 0 fully saturated rings. The van der Waals surface area contributed by atoms with E-state index in [1.54, 1.807) is 0 Å². The van der Waals surface area contributed by atoms with E-state index in [2.05, 4.69) is 36.5 Å². The summed E-state index contributed by atoms with van der Waals surface area (Å²) in [4.78, 5) is 0. The minimum atomic E-state index is -0.418. The summed E-state index contributed by atoms with van der Waals surface area (Å²) in [5.41, 5.74) is 10.5. The lowest BCUT2D eigenvalue weighted by molar-refractivity contribution is 0.601. The topological polar surface area (TPSA) is 38.0 Å². The lowest BCUT2D eigenvalue weighted by Crippen LogP contribution is -2.37. The average Bonchev–Trinajstić information content (AvgIpc) is 2.29. The highest BCUT2D eigenvalue weighted by Crippen LogP contribution is 2.41. The fraction of sp³-hybridized carbons (Fsp3) is 0.143. The van der Waals surface area contributed by atoms with Gasteiger partial charge in [-0.2, -0.15) is 0 Å². The monoisotopic (exact) mass is 210 g/mol. The molecule has 0 spiro atoms. The van der Waals surface area contributed by atoms with Crippen molar-refractivity contribution >= 4 is 11.4 Å². The van der Waals surface area contributed by atoms with Crippen LogP contribution in [0.2, 0.25) is 0 Å². The molecule has 1 heterocycles. The summed E-state index contributed by atoms with van der Waals surface area (Å²) in [6, 6.07) is 16.4. The van der Waals surface area contributed by atoms with E-state index >= 15 is 0 Å². The van der Waals surface area contributed by atoms with Crippen molar-refractivity contribution in [3.05, 3.63) is 59.7 Å². The Morgan fingerprint density at radius 3 is 1.81 bits per heavy atom. The second-order valence-electron chi connectivity index (χ2n) is 4.42. The van der Waals surface area contributed by atoms with Crippen molar-refractivity contribution in [2.24, 2.45) is 5.73 Å². The molecule has 0 aliphatic carbocycles. The molecular formula is C14H14N2. The van der Waals surface area contributed by atoms with E-state index in [9.17, 15) is 0 Å². The van der Waals surface area contributed by atoms with Crippen LogP contribution in [0.15, 0.2) is 48.5 Å². The molecule has 0 saturated heterocycles. The third-order valence-electron chi connectivity index (χ3n) is 3.24. The molecule has 3 N–H and O–H groups in total. The first kappa shape index (κ1) is 9.43. The van der Waals surface area contributed by atoms with Gasteiger partial charge in [-0.1, -0.05) is 36.4 Å². The van der Waals surface area contributed by atoms with E-state index in [0.29, 0.717) is 0 Å². The molecule has 0 saturated carbocycles. The molecule has 0 atom stereocenters. The average molecular weight is 210 g/mol. The number of benzene rings is 2. The fourth-order valence-electron chi connectivity index (χ4n) is 2.38. The predicted octanol–water partition coefficient (Wildman–Crippen LogP) is 2.97. The molecule has 2 nitrogen and oxygen atoms in total. The highest BCUT2D eigenvalue weighted by Gasteiger charge is 2.32. The number of hydrogen-bond acceptors (Lipinski definition) is 2. The van der Waals surface area contributed by atoms with Gasteiger partial charge in [-0.15, -0.1) is 0 Å². The Morgan fingerprint density at radius 2 is 1.31 bits per heavy atom. The smallest absolute Gasteiger partial charge is 0.0677 e. The Balaban J connectivity index is 2.28. The summed E-state index contributed by atoms with van der Waals surface area (Å²) < 4.78 is 0. The van der Waals surface area contributed by atoms with E-state index < -0.39 is 5.54 Å². The molecule has 0 bridgehead atoms. The molecule has 2 heteroatoms. The van der Waals surface area contributed by atoms with Crippen molar-refractivity contribution in [2.45, 2.75) is 12.5 Å². The molecular weight excluding hydrogens is 196 g/mol. The van der Waals surface area contributed by atoms with Gasteiger partial charge in [-0.3, -0.25) is 0 Å². The van der Waals surface area contributed by atoms with Crippen LogP contribution >= 0.6 is 0 Å². The molecule has 0 unspecified atom stereocenters. The number of anilines is 2. The van der Waals surface area contributed by atoms with Gasteiger partial charge in [0.25, 0.3) is 0 Å². The zero-order valence-corrected chi connectivity index (χ0v) is 9.20. The van der Waals surface area contributed by atoms with Gasteiger partial charge in [-0.25, -0.2) is 0 Å². The van der Waals surface area contributed by atoms with Crippen LogP contribution in [-0.4, -0.2) is 0 Å². The van der Waals surface area contributed by atoms with Crippen LogP contribution in [0.4, 0.5) is 11.4 Å². The Morgan fingerprint density at radius 1 is 0.875 bits per heavy atom. The van der Waals surface area contributed by atoms with Crippen LogP contribution < -0.4 is 11.1 Å². The molecule has 16 heavy (non-hydrogen) atoms. The van der Waals surface area contributed by atoms with Crippen LogP contribution in [0.1, 0.15) is 18.1 Å². The molecule has 1 aliphatic rings. The van der Waals surface area contributed by atoms with Gasteiger partial charge >= 0.3 is 0 Å². The number of nitrogens with one attached hydrogen (secondary N) is 1. The van der Waals surface area contributed by atoms with Gasteiger partial charge in [0.2, 0.25) is 0 Å². The van der Waals surface area contributed by atoms with Crippen LogP contribution in [0.3, 0.4) is 0 Å². The summed E-state index contributed by atoms with van der Waals surface area (Å²) in [6.45, 7) is 2.06. The summed E-state index contributed by atoms with van der Waals surface area (Å²) in [5, 5.41) is 3.42. The van der Waals surface area contributed by atoms with Crippen molar-refractivity contribution < 1.29 is 0 Å². The Labute approximate surface area is 95.1 Å². The first-order valence-corrected chi connectivity index (χ1v) is 5.44. The maximum atomic E-state index is 6.46. The lowest BCUT2D eigenvalue weighted by atomic mass is 9.81. The quantitative estimate of drug-likeness (QED) is 0.701. The Hall–Kier alpha value is -1.80. The van der Waals surface area contributed by atoms with Crippen LogP contribution in [0, 0.1) is 0 Å².